The third kappa shape index (κ3) is 6.81. The van der Waals surface area contributed by atoms with E-state index in [4.69, 9.17) is 22.0 Å². The quantitative estimate of drug-likeness (QED) is 0.443. The van der Waals surface area contributed by atoms with Crippen molar-refractivity contribution in [1.82, 2.24) is 0 Å². The summed E-state index contributed by atoms with van der Waals surface area (Å²) in [5, 5.41) is 17.9. The molecule has 0 spiro atoms. The van der Waals surface area contributed by atoms with Gasteiger partial charge >= 0.3 is 0 Å². The second kappa shape index (κ2) is 12.2. The van der Waals surface area contributed by atoms with Crippen LogP contribution in [0.3, 0.4) is 0 Å². The highest BCUT2D eigenvalue weighted by Gasteiger charge is 2.19. The lowest BCUT2D eigenvalue weighted by Gasteiger charge is -2.17. The van der Waals surface area contributed by atoms with E-state index < -0.39 is 11.6 Å². The maximum absolute atomic E-state index is 14.0. The Balaban J connectivity index is 0.000000340. The number of rotatable bonds is 6. The molecule has 0 bridgehead atoms. The number of anilines is 2. The van der Waals surface area contributed by atoms with E-state index in [2.05, 4.69) is 34.3 Å². The van der Waals surface area contributed by atoms with Crippen molar-refractivity contribution in [1.29, 1.82) is 10.5 Å². The molecule has 0 atom stereocenters. The van der Waals surface area contributed by atoms with Crippen LogP contribution in [0.1, 0.15) is 87.8 Å². The number of hydrogen-bond donors (Lipinski definition) is 2. The largest absolute Gasteiger partial charge is 0.398 e. The van der Waals surface area contributed by atoms with E-state index >= 15 is 0 Å². The van der Waals surface area contributed by atoms with Gasteiger partial charge in [0.05, 0.1) is 11.1 Å². The third-order valence-electron chi connectivity index (χ3n) is 5.32. The molecule has 0 aliphatic carbocycles. The summed E-state index contributed by atoms with van der Waals surface area (Å²) in [5.74, 6) is -0.228. The first-order valence-electron chi connectivity index (χ1n) is 11.4. The molecule has 4 N–H and O–H groups in total. The Morgan fingerprint density at radius 3 is 1.62 bits per heavy atom. The standard InChI is InChI=1S/C14H19FN2.C14H17FN2/c2*1-8(2)5-10-6-11(7-16)13(15)12(9(3)4)14(10)17/h6,8-9H,5,17H2,1-4H3;6,8H,3,5,17H2,1-2,4H3. The molecule has 0 heterocycles. The zero-order chi connectivity index (χ0) is 26.3. The van der Waals surface area contributed by atoms with Crippen molar-refractivity contribution < 1.29 is 8.78 Å². The van der Waals surface area contributed by atoms with Gasteiger partial charge in [-0.1, -0.05) is 48.1 Å². The van der Waals surface area contributed by atoms with Gasteiger partial charge in [-0.2, -0.15) is 10.5 Å². The summed E-state index contributed by atoms with van der Waals surface area (Å²) in [5.41, 5.74) is 16.0. The van der Waals surface area contributed by atoms with Gasteiger partial charge in [-0.15, -0.1) is 0 Å². The minimum atomic E-state index is -0.565. The van der Waals surface area contributed by atoms with Crippen LogP contribution in [-0.2, 0) is 12.8 Å². The van der Waals surface area contributed by atoms with E-state index in [9.17, 15) is 8.78 Å². The van der Waals surface area contributed by atoms with Crippen molar-refractivity contribution in [3.05, 3.63) is 63.7 Å². The van der Waals surface area contributed by atoms with Crippen LogP contribution in [0.4, 0.5) is 20.2 Å². The number of nitrogens with two attached hydrogens (primary N) is 2. The molecule has 182 valence electrons. The van der Waals surface area contributed by atoms with Gasteiger partial charge in [0, 0.05) is 22.5 Å². The molecule has 0 saturated carbocycles. The Labute approximate surface area is 202 Å². The molecule has 0 aromatic heterocycles. The van der Waals surface area contributed by atoms with E-state index in [1.807, 2.05) is 26.0 Å². The number of benzene rings is 2. The minimum absolute atomic E-state index is 0.0192. The van der Waals surface area contributed by atoms with Crippen LogP contribution in [0, 0.1) is 46.1 Å². The van der Waals surface area contributed by atoms with Crippen molar-refractivity contribution >= 4 is 16.9 Å². The van der Waals surface area contributed by atoms with E-state index in [-0.39, 0.29) is 22.6 Å². The molecule has 0 amide bonds. The first-order chi connectivity index (χ1) is 15.8. The second-order valence-corrected chi connectivity index (χ2v) is 9.77. The Bertz CT molecular complexity index is 1130. The number of nitriles is 2. The maximum Gasteiger partial charge on any atom is 0.150 e. The Hall–Kier alpha value is -3.38. The molecule has 0 fully saturated rings. The topological polar surface area (TPSA) is 99.6 Å². The van der Waals surface area contributed by atoms with Crippen LogP contribution in [-0.4, -0.2) is 0 Å². The number of hydrogen-bond acceptors (Lipinski definition) is 4. The number of halogens is 2. The Kier molecular flexibility index (Phi) is 10.3. The predicted molar refractivity (Wildman–Crippen MR) is 137 cm³/mol. The fourth-order valence-corrected chi connectivity index (χ4v) is 3.84. The lowest BCUT2D eigenvalue weighted by molar-refractivity contribution is 0.591. The first-order valence-corrected chi connectivity index (χ1v) is 11.4. The summed E-state index contributed by atoms with van der Waals surface area (Å²) in [4.78, 5) is 0. The van der Waals surface area contributed by atoms with Gasteiger partial charge in [-0.3, -0.25) is 0 Å². The van der Waals surface area contributed by atoms with Crippen LogP contribution in [0.25, 0.3) is 5.57 Å². The van der Waals surface area contributed by atoms with Crippen molar-refractivity contribution in [3.63, 3.8) is 0 Å². The van der Waals surface area contributed by atoms with Gasteiger partial charge in [-0.05, 0) is 66.4 Å². The lowest BCUT2D eigenvalue weighted by Crippen LogP contribution is -2.08. The highest BCUT2D eigenvalue weighted by Crippen LogP contribution is 2.32. The average molecular weight is 467 g/mol. The zero-order valence-corrected chi connectivity index (χ0v) is 21.3. The summed E-state index contributed by atoms with van der Waals surface area (Å²) >= 11 is 0. The SMILES string of the molecule is C=C(C)c1c(N)c(CC(C)C)cc(C#N)c1F.CC(C)Cc1cc(C#N)c(F)c(C(C)C)c1N. The van der Waals surface area contributed by atoms with Crippen molar-refractivity contribution in [2.75, 3.05) is 11.5 Å². The number of nitrogen functional groups attached to an aromatic ring is 2. The number of allylic oxidation sites excluding steroid dienone is 1. The molecular weight excluding hydrogens is 430 g/mol. The molecule has 2 aromatic rings. The molecule has 34 heavy (non-hydrogen) atoms. The van der Waals surface area contributed by atoms with Crippen LogP contribution in [0.2, 0.25) is 0 Å². The summed E-state index contributed by atoms with van der Waals surface area (Å²) in [7, 11) is 0. The normalized spacial score (nSPS) is 10.6. The first kappa shape index (κ1) is 28.7. The smallest absolute Gasteiger partial charge is 0.150 e. The summed E-state index contributed by atoms with van der Waals surface area (Å²) in [6, 6.07) is 6.88. The van der Waals surface area contributed by atoms with Gasteiger partial charge in [0.2, 0.25) is 0 Å². The average Bonchev–Trinajstić information content (AvgIpc) is 2.71. The molecule has 4 nitrogen and oxygen atoms in total. The summed E-state index contributed by atoms with van der Waals surface area (Å²) in [6.45, 7) is 17.4. The van der Waals surface area contributed by atoms with Crippen LogP contribution in [0.5, 0.6) is 0 Å². The van der Waals surface area contributed by atoms with E-state index in [1.54, 1.807) is 13.0 Å². The molecule has 0 radical (unpaired) electrons. The second-order valence-electron chi connectivity index (χ2n) is 9.77. The zero-order valence-electron chi connectivity index (χ0n) is 21.3. The van der Waals surface area contributed by atoms with Gasteiger partial charge in [0.25, 0.3) is 0 Å². The molecule has 0 aliphatic rings. The minimum Gasteiger partial charge on any atom is -0.398 e. The molecule has 0 unspecified atom stereocenters. The van der Waals surface area contributed by atoms with Gasteiger partial charge < -0.3 is 11.5 Å². The highest BCUT2D eigenvalue weighted by atomic mass is 19.1. The fraction of sp³-hybridized carbons (Fsp3) is 0.429. The van der Waals surface area contributed by atoms with Crippen LogP contribution in [0.15, 0.2) is 18.7 Å². The Morgan fingerprint density at radius 2 is 1.26 bits per heavy atom. The van der Waals surface area contributed by atoms with Crippen LogP contribution >= 0.6 is 0 Å². The molecule has 6 heteroatoms. The van der Waals surface area contributed by atoms with Gasteiger partial charge in [-0.25, -0.2) is 8.78 Å². The van der Waals surface area contributed by atoms with E-state index in [0.717, 1.165) is 24.0 Å². The summed E-state index contributed by atoms with van der Waals surface area (Å²) in [6.07, 6.45) is 1.49. The monoisotopic (exact) mass is 466 g/mol. The van der Waals surface area contributed by atoms with Crippen molar-refractivity contribution in [3.8, 4) is 12.1 Å². The molecular formula is C28H36F2N4. The highest BCUT2D eigenvalue weighted by molar-refractivity contribution is 5.76. The summed E-state index contributed by atoms with van der Waals surface area (Å²) < 4.78 is 27.9. The maximum atomic E-state index is 14.0. The third-order valence-corrected chi connectivity index (χ3v) is 5.32. The predicted octanol–water partition coefficient (Wildman–Crippen LogP) is 7.11. The van der Waals surface area contributed by atoms with Gasteiger partial charge in [0.15, 0.2) is 0 Å². The van der Waals surface area contributed by atoms with Crippen molar-refractivity contribution in [2.24, 2.45) is 11.8 Å². The van der Waals surface area contributed by atoms with Gasteiger partial charge in [0.1, 0.15) is 23.8 Å². The van der Waals surface area contributed by atoms with Crippen molar-refractivity contribution in [2.45, 2.75) is 67.2 Å². The molecule has 2 rings (SSSR count). The molecule has 0 aliphatic heterocycles. The van der Waals surface area contributed by atoms with E-state index in [1.165, 1.54) is 6.07 Å². The molecule has 0 saturated heterocycles. The Morgan fingerprint density at radius 1 is 0.853 bits per heavy atom. The fourth-order valence-electron chi connectivity index (χ4n) is 3.84. The lowest BCUT2D eigenvalue weighted by atomic mass is 9.91. The number of nitrogens with zero attached hydrogens (tertiary/aromatic N) is 2. The van der Waals surface area contributed by atoms with Crippen LogP contribution < -0.4 is 11.5 Å². The molecule has 2 aromatic carbocycles. The van der Waals surface area contributed by atoms with E-state index in [0.29, 0.717) is 34.3 Å².